The molecule has 0 fully saturated rings. The summed E-state index contributed by atoms with van der Waals surface area (Å²) >= 11 is 0. The Hall–Kier alpha value is -3.65. The van der Waals surface area contributed by atoms with Gasteiger partial charge in [-0.05, 0) is 29.7 Å². The summed E-state index contributed by atoms with van der Waals surface area (Å²) in [5, 5.41) is 9.82. The van der Waals surface area contributed by atoms with Crippen LogP contribution in [0.15, 0.2) is 67.0 Å². The molecule has 0 saturated carbocycles. The minimum atomic E-state index is -0.182. The van der Waals surface area contributed by atoms with Crippen LogP contribution >= 0.6 is 0 Å². The van der Waals surface area contributed by atoms with E-state index in [9.17, 15) is 9.59 Å². The number of aromatic nitrogens is 2. The molecule has 2 N–H and O–H groups in total. The number of nitrogens with zero attached hydrogens (tertiary/aromatic N) is 2. The molecule has 2 heterocycles. The van der Waals surface area contributed by atoms with Gasteiger partial charge in [0.15, 0.2) is 0 Å². The Morgan fingerprint density at radius 2 is 1.91 bits per heavy atom. The smallest absolute Gasteiger partial charge is 0.241 e. The van der Waals surface area contributed by atoms with E-state index in [1.165, 1.54) is 16.4 Å². The third-order valence-corrected chi connectivity index (χ3v) is 5.14. The van der Waals surface area contributed by atoms with Gasteiger partial charge in [0, 0.05) is 12.7 Å². The maximum Gasteiger partial charge on any atom is 0.241 e. The summed E-state index contributed by atoms with van der Waals surface area (Å²) in [6.07, 6.45) is 4.10. The molecule has 1 atom stereocenters. The molecule has 0 aliphatic carbocycles. The van der Waals surface area contributed by atoms with Crippen LogP contribution in [-0.4, -0.2) is 41.4 Å². The first-order valence-electron chi connectivity index (χ1n) is 10.6. The molecule has 4 rings (SSSR count). The molecule has 1 aliphatic rings. The average molecular weight is 434 g/mol. The zero-order valence-electron chi connectivity index (χ0n) is 17.7. The Morgan fingerprint density at radius 3 is 2.78 bits per heavy atom. The fourth-order valence-electron chi connectivity index (χ4n) is 3.57. The zero-order chi connectivity index (χ0) is 22.2. The minimum absolute atomic E-state index is 0.0569. The Labute approximate surface area is 186 Å². The molecule has 3 aromatic rings. The van der Waals surface area contributed by atoms with Gasteiger partial charge in [-0.2, -0.15) is 5.10 Å². The van der Waals surface area contributed by atoms with Crippen LogP contribution in [0.3, 0.4) is 0 Å². The van der Waals surface area contributed by atoms with Gasteiger partial charge in [-0.15, -0.1) is 0 Å². The fourth-order valence-corrected chi connectivity index (χ4v) is 3.57. The van der Waals surface area contributed by atoms with Gasteiger partial charge in [0.05, 0.1) is 31.5 Å². The molecule has 1 aliphatic heterocycles. The molecular formula is C24H26N4O4. The van der Waals surface area contributed by atoms with E-state index in [1.807, 2.05) is 48.5 Å². The van der Waals surface area contributed by atoms with Crippen molar-refractivity contribution < 1.29 is 19.1 Å². The molecule has 0 radical (unpaired) electrons. The largest absolute Gasteiger partial charge is 0.493 e. The van der Waals surface area contributed by atoms with Crippen LogP contribution in [0.5, 0.6) is 5.75 Å². The molecule has 0 bridgehead atoms. The van der Waals surface area contributed by atoms with Gasteiger partial charge in [-0.1, -0.05) is 42.5 Å². The summed E-state index contributed by atoms with van der Waals surface area (Å²) in [6.45, 7) is 1.39. The topological polar surface area (TPSA) is 94.5 Å². The average Bonchev–Trinajstić information content (AvgIpc) is 3.24. The Balaban J connectivity index is 1.19. The van der Waals surface area contributed by atoms with Crippen molar-refractivity contribution in [2.45, 2.75) is 25.5 Å². The van der Waals surface area contributed by atoms with E-state index in [2.05, 4.69) is 21.8 Å². The lowest BCUT2D eigenvalue weighted by Crippen LogP contribution is -2.34. The second kappa shape index (κ2) is 10.6. The lowest BCUT2D eigenvalue weighted by molar-refractivity contribution is -0.122. The number of nitrogens with one attached hydrogen (secondary N) is 2. The fraction of sp³-hybridized carbons (Fsp3) is 0.292. The zero-order valence-corrected chi connectivity index (χ0v) is 17.7. The number of anilines is 1. The molecule has 1 aromatic heterocycles. The number of ether oxygens (including phenoxy) is 2. The third-order valence-electron chi connectivity index (χ3n) is 5.14. The van der Waals surface area contributed by atoms with Crippen molar-refractivity contribution in [3.63, 3.8) is 0 Å². The summed E-state index contributed by atoms with van der Waals surface area (Å²) in [4.78, 5) is 24.4. The van der Waals surface area contributed by atoms with Crippen LogP contribution in [0, 0.1) is 0 Å². The molecular weight excluding hydrogens is 408 g/mol. The monoisotopic (exact) mass is 434 g/mol. The van der Waals surface area contributed by atoms with Crippen molar-refractivity contribution in [3.8, 4) is 5.75 Å². The van der Waals surface area contributed by atoms with Crippen molar-refractivity contribution in [3.05, 3.63) is 78.1 Å². The first-order chi connectivity index (χ1) is 15.7. The van der Waals surface area contributed by atoms with Gasteiger partial charge in [0.25, 0.3) is 0 Å². The highest BCUT2D eigenvalue weighted by Crippen LogP contribution is 2.26. The SMILES string of the molecule is O=C(Cn1cc(NC(=O)CCOc2ccccc2)cn1)NC[C@@H]1OCCc2ccccc21. The number of hydrogen-bond donors (Lipinski definition) is 2. The molecule has 0 saturated heterocycles. The van der Waals surface area contributed by atoms with Crippen molar-refractivity contribution in [1.29, 1.82) is 0 Å². The number of rotatable bonds is 9. The number of fused-ring (bicyclic) bond motifs is 1. The molecule has 2 aromatic carbocycles. The molecule has 32 heavy (non-hydrogen) atoms. The van der Waals surface area contributed by atoms with Crippen molar-refractivity contribution in [1.82, 2.24) is 15.1 Å². The van der Waals surface area contributed by atoms with Gasteiger partial charge in [0.1, 0.15) is 18.4 Å². The highest BCUT2D eigenvalue weighted by atomic mass is 16.5. The first-order valence-corrected chi connectivity index (χ1v) is 10.6. The third kappa shape index (κ3) is 5.95. The van der Waals surface area contributed by atoms with Gasteiger partial charge in [0.2, 0.25) is 11.8 Å². The quantitative estimate of drug-likeness (QED) is 0.540. The summed E-state index contributed by atoms with van der Waals surface area (Å²) in [5.41, 5.74) is 2.92. The van der Waals surface area contributed by atoms with E-state index in [1.54, 1.807) is 6.20 Å². The van der Waals surface area contributed by atoms with E-state index in [4.69, 9.17) is 9.47 Å². The predicted octanol–water partition coefficient (Wildman–Crippen LogP) is 2.72. The van der Waals surface area contributed by atoms with E-state index in [-0.39, 0.29) is 37.5 Å². The van der Waals surface area contributed by atoms with Crippen LogP contribution in [0.2, 0.25) is 0 Å². The maximum atomic E-state index is 12.3. The number of carbonyl (C=O) groups excluding carboxylic acids is 2. The summed E-state index contributed by atoms with van der Waals surface area (Å²) in [7, 11) is 0. The summed E-state index contributed by atoms with van der Waals surface area (Å²) in [5.74, 6) is 0.369. The lowest BCUT2D eigenvalue weighted by atomic mass is 9.97. The number of para-hydroxylation sites is 1. The van der Waals surface area contributed by atoms with E-state index in [0.29, 0.717) is 18.8 Å². The van der Waals surface area contributed by atoms with Crippen molar-refractivity contribution in [2.24, 2.45) is 0 Å². The van der Waals surface area contributed by atoms with Gasteiger partial charge in [-0.25, -0.2) is 0 Å². The maximum absolute atomic E-state index is 12.3. The van der Waals surface area contributed by atoms with E-state index in [0.717, 1.165) is 17.7 Å². The lowest BCUT2D eigenvalue weighted by Gasteiger charge is -2.26. The Morgan fingerprint density at radius 1 is 1.09 bits per heavy atom. The van der Waals surface area contributed by atoms with E-state index < -0.39 is 0 Å². The Kier molecular flexibility index (Phi) is 7.14. The van der Waals surface area contributed by atoms with Gasteiger partial charge >= 0.3 is 0 Å². The minimum Gasteiger partial charge on any atom is -0.493 e. The Bertz CT molecular complexity index is 1050. The molecule has 0 unspecified atom stereocenters. The number of benzene rings is 2. The predicted molar refractivity (Wildman–Crippen MR) is 119 cm³/mol. The molecule has 0 spiro atoms. The van der Waals surface area contributed by atoms with Crippen LogP contribution in [0.1, 0.15) is 23.7 Å². The van der Waals surface area contributed by atoms with Gasteiger partial charge in [-0.3, -0.25) is 14.3 Å². The molecule has 8 nitrogen and oxygen atoms in total. The standard InChI is InChI=1S/C24H26N4O4/c29-23(11-13-31-20-7-2-1-3-8-20)27-19-14-26-28(16-19)17-24(30)25-15-22-21-9-5-4-6-18(21)10-12-32-22/h1-9,14,16,22H,10-13,15,17H2,(H,25,30)(H,27,29)/t22-/m0/s1. The van der Waals surface area contributed by atoms with E-state index >= 15 is 0 Å². The van der Waals surface area contributed by atoms with Crippen LogP contribution in [0.4, 0.5) is 5.69 Å². The van der Waals surface area contributed by atoms with Crippen LogP contribution < -0.4 is 15.4 Å². The van der Waals surface area contributed by atoms with Crippen molar-refractivity contribution >= 4 is 17.5 Å². The van der Waals surface area contributed by atoms with Crippen LogP contribution in [-0.2, 0) is 27.3 Å². The first kappa shape index (κ1) is 21.6. The second-order valence-corrected chi connectivity index (χ2v) is 7.50. The second-order valence-electron chi connectivity index (χ2n) is 7.50. The highest BCUT2D eigenvalue weighted by Gasteiger charge is 2.21. The molecule has 2 amide bonds. The van der Waals surface area contributed by atoms with Crippen molar-refractivity contribution in [2.75, 3.05) is 25.1 Å². The summed E-state index contributed by atoms with van der Waals surface area (Å²) < 4.78 is 12.8. The normalized spacial score (nSPS) is 14.9. The molecule has 8 heteroatoms. The number of amides is 2. The number of carbonyl (C=O) groups is 2. The molecule has 166 valence electrons. The summed E-state index contributed by atoms with van der Waals surface area (Å²) in [6, 6.07) is 17.5. The van der Waals surface area contributed by atoms with Crippen LogP contribution in [0.25, 0.3) is 0 Å². The number of hydrogen-bond acceptors (Lipinski definition) is 5. The van der Waals surface area contributed by atoms with Gasteiger partial charge < -0.3 is 20.1 Å². The highest BCUT2D eigenvalue weighted by molar-refractivity contribution is 5.90.